The van der Waals surface area contributed by atoms with Gasteiger partial charge in [0.25, 0.3) is 5.91 Å². The fraction of sp³-hybridized carbons (Fsp3) is 0.412. The topological polar surface area (TPSA) is 71.3 Å². The van der Waals surface area contributed by atoms with Gasteiger partial charge in [0, 0.05) is 6.04 Å². The summed E-state index contributed by atoms with van der Waals surface area (Å²) in [6, 6.07) is 7.42. The molecule has 0 heterocycles. The lowest BCUT2D eigenvalue weighted by Gasteiger charge is -2.11. The van der Waals surface area contributed by atoms with Crippen LogP contribution in [0.2, 0.25) is 0 Å². The van der Waals surface area contributed by atoms with E-state index in [2.05, 4.69) is 5.32 Å². The monoisotopic (exact) mass is 300 g/mol. The summed E-state index contributed by atoms with van der Waals surface area (Å²) >= 11 is 0. The predicted octanol–water partition coefficient (Wildman–Crippen LogP) is 2.67. The van der Waals surface area contributed by atoms with Crippen LogP contribution in [0.1, 0.15) is 31.2 Å². The lowest BCUT2D eigenvalue weighted by molar-refractivity contribution is -0.117. The van der Waals surface area contributed by atoms with Crippen LogP contribution < -0.4 is 14.8 Å². The maximum Gasteiger partial charge on any atom is 0.262 e. The van der Waals surface area contributed by atoms with Crippen molar-refractivity contribution in [2.24, 2.45) is 0 Å². The third-order valence-corrected chi connectivity index (χ3v) is 3.77. The average Bonchev–Trinajstić information content (AvgIpc) is 3.05. The van der Waals surface area contributed by atoms with Crippen LogP contribution in [0.3, 0.4) is 0 Å². The Morgan fingerprint density at radius 3 is 2.55 bits per heavy atom. The summed E-state index contributed by atoms with van der Waals surface area (Å²) in [6.07, 6.45) is 5.80. The highest BCUT2D eigenvalue weighted by molar-refractivity contribution is 6.01. The van der Waals surface area contributed by atoms with E-state index in [1.54, 1.807) is 38.5 Å². The molecule has 1 fully saturated rings. The molecular formula is C17H20N2O3. The molecule has 5 heteroatoms. The van der Waals surface area contributed by atoms with Crippen LogP contribution in [0.5, 0.6) is 11.5 Å². The van der Waals surface area contributed by atoms with Crippen LogP contribution in [-0.4, -0.2) is 26.2 Å². The Morgan fingerprint density at radius 1 is 1.27 bits per heavy atom. The van der Waals surface area contributed by atoms with Crippen molar-refractivity contribution in [3.05, 3.63) is 29.3 Å². The Bertz CT molecular complexity index is 611. The third-order valence-electron chi connectivity index (χ3n) is 3.77. The number of methoxy groups -OCH3 is 2. The second-order valence-electron chi connectivity index (χ2n) is 5.24. The summed E-state index contributed by atoms with van der Waals surface area (Å²) in [5.74, 6) is 0.850. The molecule has 1 saturated carbocycles. The first-order valence-corrected chi connectivity index (χ1v) is 7.32. The molecule has 0 spiro atoms. The molecule has 0 saturated heterocycles. The first-order valence-electron chi connectivity index (χ1n) is 7.32. The van der Waals surface area contributed by atoms with E-state index >= 15 is 0 Å². The van der Waals surface area contributed by atoms with Crippen LogP contribution in [0.15, 0.2) is 23.8 Å². The lowest BCUT2D eigenvalue weighted by atomic mass is 10.1. The zero-order valence-corrected chi connectivity index (χ0v) is 12.9. The fourth-order valence-corrected chi connectivity index (χ4v) is 2.59. The maximum atomic E-state index is 12.2. The SMILES string of the molecule is COc1ccc(C=C(C#N)C(=O)NC2CCCC2)cc1OC. The van der Waals surface area contributed by atoms with E-state index in [1.165, 1.54) is 0 Å². The molecule has 0 aliphatic heterocycles. The number of nitriles is 1. The van der Waals surface area contributed by atoms with E-state index in [1.807, 2.05) is 6.07 Å². The number of rotatable bonds is 5. The molecule has 22 heavy (non-hydrogen) atoms. The molecule has 0 radical (unpaired) electrons. The summed E-state index contributed by atoms with van der Waals surface area (Å²) in [6.45, 7) is 0. The standard InChI is InChI=1S/C17H20N2O3/c1-21-15-8-7-12(10-16(15)22-2)9-13(11-18)17(20)19-14-5-3-4-6-14/h7-10,14H,3-6H2,1-2H3,(H,19,20). The van der Waals surface area contributed by atoms with Gasteiger partial charge in [-0.15, -0.1) is 0 Å². The first kappa shape index (κ1) is 15.9. The fourth-order valence-electron chi connectivity index (χ4n) is 2.59. The Morgan fingerprint density at radius 2 is 1.95 bits per heavy atom. The highest BCUT2D eigenvalue weighted by Crippen LogP contribution is 2.28. The van der Waals surface area contributed by atoms with Crippen LogP contribution in [0.25, 0.3) is 6.08 Å². The minimum Gasteiger partial charge on any atom is -0.493 e. The zero-order chi connectivity index (χ0) is 15.9. The van der Waals surface area contributed by atoms with Gasteiger partial charge in [0.1, 0.15) is 11.6 Å². The Hall–Kier alpha value is -2.48. The Kier molecular flexibility index (Phi) is 5.42. The molecule has 1 aromatic rings. The number of benzene rings is 1. The van der Waals surface area contributed by atoms with E-state index in [0.29, 0.717) is 11.5 Å². The molecule has 2 rings (SSSR count). The van der Waals surface area contributed by atoms with E-state index in [4.69, 9.17) is 9.47 Å². The molecule has 1 aliphatic carbocycles. The van der Waals surface area contributed by atoms with Crippen molar-refractivity contribution in [2.75, 3.05) is 14.2 Å². The van der Waals surface area contributed by atoms with Gasteiger partial charge in [0.05, 0.1) is 14.2 Å². The van der Waals surface area contributed by atoms with Gasteiger partial charge in [-0.3, -0.25) is 4.79 Å². The number of carbonyl (C=O) groups is 1. The highest BCUT2D eigenvalue weighted by Gasteiger charge is 2.19. The average molecular weight is 300 g/mol. The molecule has 1 aromatic carbocycles. The number of amides is 1. The number of nitrogens with zero attached hydrogens (tertiary/aromatic N) is 1. The molecule has 1 aliphatic rings. The van der Waals surface area contributed by atoms with Gasteiger partial charge in [-0.2, -0.15) is 5.26 Å². The van der Waals surface area contributed by atoms with Gasteiger partial charge >= 0.3 is 0 Å². The molecule has 116 valence electrons. The third kappa shape index (κ3) is 3.79. The summed E-state index contributed by atoms with van der Waals surface area (Å²) < 4.78 is 10.4. The molecule has 1 N–H and O–H groups in total. The van der Waals surface area contributed by atoms with Crippen LogP contribution >= 0.6 is 0 Å². The lowest BCUT2D eigenvalue weighted by Crippen LogP contribution is -2.33. The van der Waals surface area contributed by atoms with Crippen molar-refractivity contribution in [3.8, 4) is 17.6 Å². The molecule has 5 nitrogen and oxygen atoms in total. The quantitative estimate of drug-likeness (QED) is 0.670. The largest absolute Gasteiger partial charge is 0.493 e. The van der Waals surface area contributed by atoms with Crippen molar-refractivity contribution >= 4 is 12.0 Å². The number of hydrogen-bond acceptors (Lipinski definition) is 4. The van der Waals surface area contributed by atoms with Gasteiger partial charge in [-0.25, -0.2) is 0 Å². The second-order valence-corrected chi connectivity index (χ2v) is 5.24. The minimum absolute atomic E-state index is 0.0964. The smallest absolute Gasteiger partial charge is 0.262 e. The number of nitrogens with one attached hydrogen (secondary N) is 1. The van der Waals surface area contributed by atoms with Gasteiger partial charge in [-0.1, -0.05) is 18.9 Å². The van der Waals surface area contributed by atoms with Crippen molar-refractivity contribution in [1.29, 1.82) is 5.26 Å². The van der Waals surface area contributed by atoms with E-state index in [-0.39, 0.29) is 17.5 Å². The second kappa shape index (κ2) is 7.51. The Labute approximate surface area is 130 Å². The molecule has 0 aromatic heterocycles. The highest BCUT2D eigenvalue weighted by atomic mass is 16.5. The van der Waals surface area contributed by atoms with E-state index in [0.717, 1.165) is 31.2 Å². The molecular weight excluding hydrogens is 280 g/mol. The molecule has 0 unspecified atom stereocenters. The number of ether oxygens (including phenoxy) is 2. The van der Waals surface area contributed by atoms with Crippen molar-refractivity contribution < 1.29 is 14.3 Å². The summed E-state index contributed by atoms with van der Waals surface area (Å²) in [5.41, 5.74) is 0.815. The van der Waals surface area contributed by atoms with Crippen LogP contribution in [0, 0.1) is 11.3 Å². The summed E-state index contributed by atoms with van der Waals surface area (Å²) in [4.78, 5) is 12.2. The molecule has 0 atom stereocenters. The Balaban J connectivity index is 2.17. The van der Waals surface area contributed by atoms with Crippen molar-refractivity contribution in [1.82, 2.24) is 5.32 Å². The predicted molar refractivity (Wildman–Crippen MR) is 83.5 cm³/mol. The van der Waals surface area contributed by atoms with Crippen LogP contribution in [-0.2, 0) is 4.79 Å². The van der Waals surface area contributed by atoms with Crippen molar-refractivity contribution in [3.63, 3.8) is 0 Å². The number of carbonyl (C=O) groups excluding carboxylic acids is 1. The van der Waals surface area contributed by atoms with Gasteiger partial charge in [-0.05, 0) is 36.6 Å². The summed E-state index contributed by atoms with van der Waals surface area (Å²) in [7, 11) is 3.10. The van der Waals surface area contributed by atoms with Crippen molar-refractivity contribution in [2.45, 2.75) is 31.7 Å². The van der Waals surface area contributed by atoms with E-state index in [9.17, 15) is 10.1 Å². The van der Waals surface area contributed by atoms with Gasteiger partial charge in [0.15, 0.2) is 11.5 Å². The van der Waals surface area contributed by atoms with E-state index < -0.39 is 0 Å². The minimum atomic E-state index is -0.316. The zero-order valence-electron chi connectivity index (χ0n) is 12.9. The maximum absolute atomic E-state index is 12.2. The van der Waals surface area contributed by atoms with Crippen LogP contribution in [0.4, 0.5) is 0 Å². The summed E-state index contributed by atoms with van der Waals surface area (Å²) in [5, 5.41) is 12.1. The van der Waals surface area contributed by atoms with Gasteiger partial charge < -0.3 is 14.8 Å². The number of hydrogen-bond donors (Lipinski definition) is 1. The van der Waals surface area contributed by atoms with Gasteiger partial charge in [0.2, 0.25) is 0 Å². The normalized spacial score (nSPS) is 15.2. The molecule has 0 bridgehead atoms. The molecule has 1 amide bonds. The first-order chi connectivity index (χ1) is 10.7.